The average molecular weight is 313 g/mol. The summed E-state index contributed by atoms with van der Waals surface area (Å²) in [5.74, 6) is -0.322. The average Bonchev–Trinajstić information content (AvgIpc) is 3.19. The number of para-hydroxylation sites is 1. The number of hydrogen-bond acceptors (Lipinski definition) is 3. The molecule has 2 heterocycles. The molecule has 22 heavy (non-hydrogen) atoms. The van der Waals surface area contributed by atoms with Gasteiger partial charge in [0, 0.05) is 12.4 Å². The Hall–Kier alpha value is -2.73. The Morgan fingerprint density at radius 1 is 1.14 bits per heavy atom. The summed E-state index contributed by atoms with van der Waals surface area (Å²) in [6, 6.07) is 14.0. The summed E-state index contributed by atoms with van der Waals surface area (Å²) in [5, 5.41) is 3.58. The van der Waals surface area contributed by atoms with E-state index in [0.29, 0.717) is 10.4 Å². The zero-order valence-electron chi connectivity index (χ0n) is 11.4. The van der Waals surface area contributed by atoms with Gasteiger partial charge in [0.1, 0.15) is 0 Å². The quantitative estimate of drug-likeness (QED) is 0.582. The van der Waals surface area contributed by atoms with E-state index >= 15 is 0 Å². The number of nitrogens with one attached hydrogen (secondary N) is 1. The Balaban J connectivity index is 1.77. The fourth-order valence-corrected chi connectivity index (χ4v) is 2.60. The minimum Gasteiger partial charge on any atom is -0.323 e. The summed E-state index contributed by atoms with van der Waals surface area (Å²) in [5.41, 5.74) is 3.73. The van der Waals surface area contributed by atoms with E-state index in [-0.39, 0.29) is 11.0 Å². The molecule has 3 aromatic rings. The van der Waals surface area contributed by atoms with Crippen LogP contribution in [0, 0.1) is 5.13 Å². The first-order valence-electron chi connectivity index (χ1n) is 6.55. The van der Waals surface area contributed by atoms with Crippen molar-refractivity contribution in [3.8, 4) is 5.69 Å². The number of hydrogen-bond donors (Lipinski definition) is 1. The Morgan fingerprint density at radius 3 is 2.64 bits per heavy atom. The molecule has 0 aliphatic heterocycles. The van der Waals surface area contributed by atoms with Crippen molar-refractivity contribution >= 4 is 23.5 Å². The third-order valence-corrected chi connectivity index (χ3v) is 3.79. The number of carbonyl (C=O) groups excluding carboxylic acids is 1. The van der Waals surface area contributed by atoms with Crippen molar-refractivity contribution in [3.05, 3.63) is 76.5 Å². The minimum atomic E-state index is -0.322. The summed E-state index contributed by atoms with van der Waals surface area (Å²) < 4.78 is 14.7. The van der Waals surface area contributed by atoms with Crippen LogP contribution in [0.1, 0.15) is 15.2 Å². The first-order valence-corrected chi connectivity index (χ1v) is 7.37. The summed E-state index contributed by atoms with van der Waals surface area (Å²) in [4.78, 5) is 12.9. The summed E-state index contributed by atoms with van der Waals surface area (Å²) in [6.45, 7) is 0. The number of halogens is 1. The Labute approximate surface area is 130 Å². The van der Waals surface area contributed by atoms with Crippen molar-refractivity contribution in [3.63, 3.8) is 0 Å². The van der Waals surface area contributed by atoms with Crippen LogP contribution in [-0.4, -0.2) is 16.7 Å². The largest absolute Gasteiger partial charge is 0.323 e. The molecule has 0 radical (unpaired) electrons. The molecule has 0 aliphatic carbocycles. The smallest absolute Gasteiger partial charge is 0.273 e. The van der Waals surface area contributed by atoms with Gasteiger partial charge in [-0.25, -0.2) is 5.43 Å². The predicted molar refractivity (Wildman–Crippen MR) is 85.1 cm³/mol. The molecule has 0 aliphatic rings. The third-order valence-electron chi connectivity index (χ3n) is 2.98. The van der Waals surface area contributed by atoms with E-state index in [2.05, 4.69) is 10.5 Å². The van der Waals surface area contributed by atoms with Crippen LogP contribution in [-0.2, 0) is 0 Å². The van der Waals surface area contributed by atoms with Crippen molar-refractivity contribution in [1.29, 1.82) is 0 Å². The van der Waals surface area contributed by atoms with Crippen LogP contribution in [0.3, 0.4) is 0 Å². The van der Waals surface area contributed by atoms with Crippen LogP contribution in [0.5, 0.6) is 0 Å². The lowest BCUT2D eigenvalue weighted by molar-refractivity contribution is 0.0955. The second-order valence-corrected chi connectivity index (χ2v) is 5.51. The van der Waals surface area contributed by atoms with E-state index in [1.807, 2.05) is 41.2 Å². The summed E-state index contributed by atoms with van der Waals surface area (Å²) in [6.07, 6.45) is 5.15. The lowest BCUT2D eigenvalue weighted by Crippen LogP contribution is -2.19. The first-order chi connectivity index (χ1) is 10.7. The lowest BCUT2D eigenvalue weighted by atomic mass is 10.1. The molecule has 0 spiro atoms. The zero-order chi connectivity index (χ0) is 15.4. The second kappa shape index (κ2) is 6.36. The van der Waals surface area contributed by atoms with Gasteiger partial charge in [0.2, 0.25) is 0 Å². The number of nitrogens with zero attached hydrogens (tertiary/aromatic N) is 2. The highest BCUT2D eigenvalue weighted by atomic mass is 32.1. The van der Waals surface area contributed by atoms with E-state index in [0.717, 1.165) is 17.0 Å². The van der Waals surface area contributed by atoms with Crippen LogP contribution in [0.15, 0.2) is 66.0 Å². The predicted octanol–water partition coefficient (Wildman–Crippen LogP) is 3.44. The molecule has 3 rings (SSSR count). The minimum absolute atomic E-state index is 0.286. The molecule has 0 saturated heterocycles. The number of rotatable bonds is 4. The van der Waals surface area contributed by atoms with Crippen LogP contribution >= 0.6 is 11.3 Å². The third kappa shape index (κ3) is 3.12. The molecule has 1 aromatic carbocycles. The van der Waals surface area contributed by atoms with Crippen LogP contribution in [0.25, 0.3) is 5.69 Å². The van der Waals surface area contributed by atoms with Gasteiger partial charge in [0.15, 0.2) is 5.13 Å². The van der Waals surface area contributed by atoms with Crippen molar-refractivity contribution in [2.75, 3.05) is 0 Å². The van der Waals surface area contributed by atoms with E-state index < -0.39 is 0 Å². The maximum atomic E-state index is 12.9. The molecule has 6 heteroatoms. The highest BCUT2D eigenvalue weighted by Gasteiger charge is 2.10. The molecular weight excluding hydrogens is 301 g/mol. The standard InChI is InChI=1S/C16H12FN3OS/c17-15-8-7-12(22-15)11-18-19-16(21)13-5-1-2-6-14(13)20-9-3-4-10-20/h1-11H,(H,19,21). The van der Waals surface area contributed by atoms with Gasteiger partial charge < -0.3 is 4.57 Å². The molecule has 0 atom stereocenters. The molecule has 0 bridgehead atoms. The van der Waals surface area contributed by atoms with Crippen molar-refractivity contribution in [2.24, 2.45) is 5.10 Å². The van der Waals surface area contributed by atoms with Crippen LogP contribution in [0.4, 0.5) is 4.39 Å². The highest BCUT2D eigenvalue weighted by molar-refractivity contribution is 7.12. The molecule has 0 saturated carbocycles. The topological polar surface area (TPSA) is 46.4 Å². The highest BCUT2D eigenvalue weighted by Crippen LogP contribution is 2.15. The monoisotopic (exact) mass is 313 g/mol. The SMILES string of the molecule is O=C(NN=Cc1ccc(F)s1)c1ccccc1-n1cccc1. The van der Waals surface area contributed by atoms with Gasteiger partial charge >= 0.3 is 0 Å². The lowest BCUT2D eigenvalue weighted by Gasteiger charge is -2.08. The number of thiophene rings is 1. The van der Waals surface area contributed by atoms with Gasteiger partial charge in [0.05, 0.1) is 22.3 Å². The van der Waals surface area contributed by atoms with E-state index in [9.17, 15) is 9.18 Å². The van der Waals surface area contributed by atoms with Crippen molar-refractivity contribution in [2.45, 2.75) is 0 Å². The molecule has 2 aromatic heterocycles. The van der Waals surface area contributed by atoms with Gasteiger partial charge in [-0.1, -0.05) is 12.1 Å². The fraction of sp³-hybridized carbons (Fsp3) is 0. The number of carbonyl (C=O) groups is 1. The zero-order valence-corrected chi connectivity index (χ0v) is 12.3. The van der Waals surface area contributed by atoms with Crippen molar-refractivity contribution < 1.29 is 9.18 Å². The number of benzene rings is 1. The van der Waals surface area contributed by atoms with Gasteiger partial charge in [0.25, 0.3) is 5.91 Å². The maximum absolute atomic E-state index is 12.9. The number of aromatic nitrogens is 1. The number of hydrazone groups is 1. The Kier molecular flexibility index (Phi) is 4.11. The van der Waals surface area contributed by atoms with Gasteiger partial charge in [-0.3, -0.25) is 4.79 Å². The first kappa shape index (κ1) is 14.2. The summed E-state index contributed by atoms with van der Waals surface area (Å²) in [7, 11) is 0. The molecule has 1 N–H and O–H groups in total. The Bertz CT molecular complexity index is 808. The van der Waals surface area contributed by atoms with Crippen LogP contribution in [0.2, 0.25) is 0 Å². The van der Waals surface area contributed by atoms with Gasteiger partial charge in [-0.15, -0.1) is 11.3 Å². The van der Waals surface area contributed by atoms with E-state index in [4.69, 9.17) is 0 Å². The fourth-order valence-electron chi connectivity index (χ4n) is 2.00. The second-order valence-electron chi connectivity index (χ2n) is 4.45. The van der Waals surface area contributed by atoms with Crippen molar-refractivity contribution in [1.82, 2.24) is 9.99 Å². The Morgan fingerprint density at radius 2 is 1.91 bits per heavy atom. The maximum Gasteiger partial charge on any atom is 0.273 e. The van der Waals surface area contributed by atoms with Crippen LogP contribution < -0.4 is 5.43 Å². The molecule has 1 amide bonds. The molecule has 4 nitrogen and oxygen atoms in total. The molecule has 110 valence electrons. The van der Waals surface area contributed by atoms with Gasteiger partial charge in [-0.2, -0.15) is 9.49 Å². The summed E-state index contributed by atoms with van der Waals surface area (Å²) >= 11 is 0.965. The molecule has 0 fully saturated rings. The normalized spacial score (nSPS) is 11.0. The number of amides is 1. The van der Waals surface area contributed by atoms with E-state index in [1.54, 1.807) is 18.2 Å². The van der Waals surface area contributed by atoms with Gasteiger partial charge in [-0.05, 0) is 36.4 Å². The molecule has 0 unspecified atom stereocenters. The van der Waals surface area contributed by atoms with E-state index in [1.165, 1.54) is 12.3 Å². The molecular formula is C16H12FN3OS.